The second kappa shape index (κ2) is 14.0. The van der Waals surface area contributed by atoms with E-state index in [1.807, 2.05) is 6.92 Å². The molecule has 4 aliphatic rings. The maximum atomic E-state index is 17.0. The number of fused-ring (bicyclic) bond motifs is 5. The zero-order valence-corrected chi connectivity index (χ0v) is 29.7. The minimum absolute atomic E-state index is 0.00400. The topological polar surface area (TPSA) is 104 Å². The molecule has 1 aliphatic carbocycles. The van der Waals surface area contributed by atoms with Crippen molar-refractivity contribution in [2.45, 2.75) is 115 Å². The number of nitrogens with zero attached hydrogens (tertiary/aromatic N) is 5. The number of unbranched alkanes of at least 4 members (excludes halogenated alkanes) is 1. The number of halogens is 2. The van der Waals surface area contributed by atoms with E-state index in [9.17, 15) is 10.2 Å². The number of aromatic nitrogens is 3. The highest BCUT2D eigenvalue weighted by atomic mass is 19.1. The van der Waals surface area contributed by atoms with Crippen molar-refractivity contribution >= 4 is 27.5 Å². The van der Waals surface area contributed by atoms with Gasteiger partial charge in [-0.15, -0.1) is 0 Å². The third-order valence-corrected chi connectivity index (χ3v) is 12.2. The first kappa shape index (κ1) is 34.4. The zero-order valence-electron chi connectivity index (χ0n) is 29.7. The van der Waals surface area contributed by atoms with Gasteiger partial charge in [0.05, 0.1) is 24.2 Å². The Morgan fingerprint density at radius 3 is 2.63 bits per heavy atom. The SMILES string of the molecule is CCCCN(CO)c1nc(OCC23CCCC2N(C2CC4CCC(C2)O4)CCC3)nc2c(F)c(-c3cc(O)cc4ccc(F)c(CC)c34)ncc12. The van der Waals surface area contributed by atoms with Crippen LogP contribution in [0, 0.1) is 17.0 Å². The van der Waals surface area contributed by atoms with Crippen LogP contribution in [-0.4, -0.2) is 80.8 Å². The third kappa shape index (κ3) is 6.18. The van der Waals surface area contributed by atoms with E-state index in [1.165, 1.54) is 31.2 Å². The van der Waals surface area contributed by atoms with Gasteiger partial charge in [-0.2, -0.15) is 9.97 Å². The lowest BCUT2D eigenvalue weighted by atomic mass is 9.74. The number of phenolic OH excluding ortho intramolecular Hbond substituents is 1. The summed E-state index contributed by atoms with van der Waals surface area (Å²) in [6.45, 7) is 5.63. The second-order valence-corrected chi connectivity index (χ2v) is 15.2. The Labute approximate surface area is 298 Å². The van der Waals surface area contributed by atoms with Crippen LogP contribution in [0.15, 0.2) is 30.5 Å². The van der Waals surface area contributed by atoms with Gasteiger partial charge in [-0.05, 0) is 105 Å². The number of ether oxygens (including phenoxy) is 2. The summed E-state index contributed by atoms with van der Waals surface area (Å²) in [6.07, 6.45) is 14.4. The third-order valence-electron chi connectivity index (χ3n) is 12.2. The minimum atomic E-state index is -0.720. The number of likely N-dealkylation sites (tertiary alicyclic amines) is 1. The van der Waals surface area contributed by atoms with Crippen LogP contribution >= 0.6 is 0 Å². The maximum absolute atomic E-state index is 17.0. The number of aromatic hydroxyl groups is 1. The number of hydrogen-bond acceptors (Lipinski definition) is 9. The Balaban J connectivity index is 1.18. The van der Waals surface area contributed by atoms with Gasteiger partial charge in [-0.25, -0.2) is 8.78 Å². The smallest absolute Gasteiger partial charge is 0.319 e. The Hall–Kier alpha value is -3.67. The van der Waals surface area contributed by atoms with Gasteiger partial charge >= 0.3 is 6.01 Å². The quantitative estimate of drug-likeness (QED) is 0.153. The van der Waals surface area contributed by atoms with Gasteiger partial charge in [-0.3, -0.25) is 9.88 Å². The summed E-state index contributed by atoms with van der Waals surface area (Å²) in [7, 11) is 0. The minimum Gasteiger partial charge on any atom is -0.508 e. The van der Waals surface area contributed by atoms with Crippen LogP contribution in [0.1, 0.15) is 90.0 Å². The average molecular weight is 702 g/mol. The lowest BCUT2D eigenvalue weighted by Gasteiger charge is -2.50. The normalized spacial score (nSPS) is 26.2. The largest absolute Gasteiger partial charge is 0.508 e. The van der Waals surface area contributed by atoms with Crippen LogP contribution in [0.2, 0.25) is 0 Å². The molecular weight excluding hydrogens is 652 g/mol. The number of pyridine rings is 1. The van der Waals surface area contributed by atoms with Crippen LogP contribution in [0.25, 0.3) is 32.9 Å². The molecule has 0 amide bonds. The predicted octanol–water partition coefficient (Wildman–Crippen LogP) is 7.67. The molecule has 272 valence electrons. The summed E-state index contributed by atoms with van der Waals surface area (Å²) in [6, 6.07) is 6.93. The van der Waals surface area contributed by atoms with E-state index < -0.39 is 11.6 Å². The highest BCUT2D eigenvalue weighted by Gasteiger charge is 2.51. The number of aliphatic hydroxyl groups is 1. The fraction of sp³-hybridized carbons (Fsp3) is 0.575. The van der Waals surface area contributed by atoms with Crippen molar-refractivity contribution in [1.29, 1.82) is 0 Å². The fourth-order valence-corrected chi connectivity index (χ4v) is 9.83. The molecule has 51 heavy (non-hydrogen) atoms. The Morgan fingerprint density at radius 2 is 1.86 bits per heavy atom. The summed E-state index contributed by atoms with van der Waals surface area (Å²) in [5, 5.41) is 22.6. The zero-order chi connectivity index (χ0) is 35.3. The van der Waals surface area contributed by atoms with E-state index >= 15 is 8.78 Å². The molecule has 9 nitrogen and oxygen atoms in total. The van der Waals surface area contributed by atoms with Gasteiger partial charge < -0.3 is 24.6 Å². The summed E-state index contributed by atoms with van der Waals surface area (Å²) in [5.74, 6) is -0.843. The first-order valence-electron chi connectivity index (χ1n) is 19.0. The fourth-order valence-electron chi connectivity index (χ4n) is 9.83. The van der Waals surface area contributed by atoms with E-state index in [4.69, 9.17) is 19.4 Å². The predicted molar refractivity (Wildman–Crippen MR) is 193 cm³/mol. The number of rotatable bonds is 11. The van der Waals surface area contributed by atoms with Gasteiger partial charge in [0.15, 0.2) is 5.82 Å². The maximum Gasteiger partial charge on any atom is 0.319 e. The molecule has 1 saturated carbocycles. The lowest BCUT2D eigenvalue weighted by Crippen LogP contribution is -2.57. The molecule has 2 aromatic carbocycles. The first-order chi connectivity index (χ1) is 24.8. The second-order valence-electron chi connectivity index (χ2n) is 15.2. The molecule has 0 radical (unpaired) electrons. The van der Waals surface area contributed by atoms with Gasteiger partial charge in [-0.1, -0.05) is 32.8 Å². The van der Waals surface area contributed by atoms with Crippen LogP contribution in [-0.2, 0) is 11.2 Å². The van der Waals surface area contributed by atoms with Gasteiger partial charge in [0.25, 0.3) is 0 Å². The van der Waals surface area contributed by atoms with E-state index in [1.54, 1.807) is 17.0 Å². The number of benzene rings is 2. The lowest BCUT2D eigenvalue weighted by molar-refractivity contribution is -0.0798. The summed E-state index contributed by atoms with van der Waals surface area (Å²) >= 11 is 0. The molecule has 4 unspecified atom stereocenters. The molecule has 2 N–H and O–H groups in total. The molecule has 3 saturated heterocycles. The monoisotopic (exact) mass is 701 g/mol. The van der Waals surface area contributed by atoms with E-state index in [-0.39, 0.29) is 40.7 Å². The Kier molecular flexibility index (Phi) is 9.48. The molecular formula is C40H49F2N5O4. The van der Waals surface area contributed by atoms with E-state index in [0.29, 0.717) is 71.4 Å². The molecule has 2 bridgehead atoms. The van der Waals surface area contributed by atoms with Crippen molar-refractivity contribution in [2.75, 3.05) is 31.3 Å². The van der Waals surface area contributed by atoms with Crippen molar-refractivity contribution in [1.82, 2.24) is 19.9 Å². The van der Waals surface area contributed by atoms with Crippen molar-refractivity contribution < 1.29 is 28.5 Å². The molecule has 0 spiro atoms. The number of piperidine rings is 1. The summed E-state index contributed by atoms with van der Waals surface area (Å²) < 4.78 is 44.8. The van der Waals surface area contributed by atoms with Crippen LogP contribution in [0.5, 0.6) is 11.8 Å². The molecule has 4 atom stereocenters. The molecule has 5 heterocycles. The summed E-state index contributed by atoms with van der Waals surface area (Å²) in [4.78, 5) is 18.5. The number of anilines is 1. The molecule has 8 rings (SSSR count). The molecule has 2 aromatic heterocycles. The average Bonchev–Trinajstić information content (AvgIpc) is 3.73. The van der Waals surface area contributed by atoms with Gasteiger partial charge in [0.1, 0.15) is 35.3 Å². The van der Waals surface area contributed by atoms with E-state index in [0.717, 1.165) is 64.3 Å². The first-order valence-corrected chi connectivity index (χ1v) is 19.0. The summed E-state index contributed by atoms with van der Waals surface area (Å²) in [5.41, 5.74) is 0.610. The highest BCUT2D eigenvalue weighted by Crippen LogP contribution is 2.50. The van der Waals surface area contributed by atoms with Gasteiger partial charge in [0.2, 0.25) is 0 Å². The molecule has 4 aromatic rings. The Bertz CT molecular complexity index is 1920. The van der Waals surface area contributed by atoms with Gasteiger partial charge in [0, 0.05) is 35.8 Å². The van der Waals surface area contributed by atoms with Crippen molar-refractivity contribution in [3.05, 3.63) is 47.7 Å². The van der Waals surface area contributed by atoms with E-state index in [2.05, 4.69) is 16.8 Å². The molecule has 4 fully saturated rings. The number of phenols is 1. The number of hydrogen-bond donors (Lipinski definition) is 2. The highest BCUT2D eigenvalue weighted by molar-refractivity contribution is 6.01. The standard InChI is InChI=1S/C40H49F2N5O4/c1-3-5-15-46(23-48)38-31-21-43-36(30-20-26(49)17-24-9-12-32(41)29(4-2)34(24)30)35(42)37(31)44-39(45-38)50-22-40-13-6-8-33(40)47(16-7-14-40)25-18-27-10-11-28(19-25)51-27/h9,12,17,20-21,25,27-28,33,48-49H,3-8,10-11,13-16,18-19,22-23H2,1-2H3. The number of aryl methyl sites for hydroxylation is 1. The van der Waals surface area contributed by atoms with Crippen molar-refractivity contribution in [3.63, 3.8) is 0 Å². The van der Waals surface area contributed by atoms with Crippen LogP contribution in [0.3, 0.4) is 0 Å². The Morgan fingerprint density at radius 1 is 1.06 bits per heavy atom. The van der Waals surface area contributed by atoms with Crippen LogP contribution in [0.4, 0.5) is 14.6 Å². The molecule has 11 heteroatoms. The van der Waals surface area contributed by atoms with Crippen molar-refractivity contribution in [3.8, 4) is 23.0 Å². The number of aliphatic hydroxyl groups excluding tert-OH is 1. The van der Waals surface area contributed by atoms with Crippen LogP contribution < -0.4 is 9.64 Å². The molecule has 3 aliphatic heterocycles. The van der Waals surface area contributed by atoms with Crippen molar-refractivity contribution in [2.24, 2.45) is 5.41 Å².